The van der Waals surface area contributed by atoms with Crippen molar-refractivity contribution >= 4 is 40.3 Å². The molecule has 0 fully saturated rings. The lowest BCUT2D eigenvalue weighted by Gasteiger charge is -2.42. The molecule has 148 valence electrons. The average Bonchev–Trinajstić information content (AvgIpc) is 2.74. The molecule has 3 heteroatoms. The molecule has 0 unspecified atom stereocenters. The highest BCUT2D eigenvalue weighted by Crippen LogP contribution is 2.54. The van der Waals surface area contributed by atoms with Crippen molar-refractivity contribution < 1.29 is 0 Å². The fraction of sp³-hybridized carbons (Fsp3) is 0.111. The van der Waals surface area contributed by atoms with Crippen LogP contribution in [0.4, 0.5) is 17.1 Å². The van der Waals surface area contributed by atoms with Crippen molar-refractivity contribution in [3.8, 4) is 11.1 Å². The van der Waals surface area contributed by atoms with Crippen molar-refractivity contribution in [2.75, 3.05) is 4.90 Å². The van der Waals surface area contributed by atoms with E-state index < -0.39 is 0 Å². The first-order valence-electron chi connectivity index (χ1n) is 10.0. The maximum Gasteiger partial charge on any atom is 0.0532 e. The zero-order valence-corrected chi connectivity index (χ0v) is 18.4. The molecule has 0 aromatic heterocycles. The number of rotatable bonds is 2. The fourth-order valence-electron chi connectivity index (χ4n) is 4.53. The van der Waals surface area contributed by atoms with Gasteiger partial charge in [-0.1, -0.05) is 97.7 Å². The summed E-state index contributed by atoms with van der Waals surface area (Å²) in [6, 6.07) is 31.5. The van der Waals surface area contributed by atoms with Gasteiger partial charge in [0.1, 0.15) is 0 Å². The van der Waals surface area contributed by atoms with Crippen LogP contribution in [0, 0.1) is 0 Å². The van der Waals surface area contributed by atoms with Crippen LogP contribution in [0.3, 0.4) is 0 Å². The Morgan fingerprint density at radius 2 is 1.30 bits per heavy atom. The van der Waals surface area contributed by atoms with Crippen molar-refractivity contribution in [3.63, 3.8) is 0 Å². The number of fused-ring (bicyclic) bond motifs is 2. The monoisotopic (exact) mass is 429 g/mol. The molecule has 0 saturated carbocycles. The Morgan fingerprint density at radius 3 is 2.03 bits per heavy atom. The molecule has 0 radical (unpaired) electrons. The molecule has 1 nitrogen and oxygen atoms in total. The average molecular weight is 430 g/mol. The van der Waals surface area contributed by atoms with Crippen LogP contribution < -0.4 is 4.90 Å². The molecule has 30 heavy (non-hydrogen) atoms. The van der Waals surface area contributed by atoms with E-state index in [1.165, 1.54) is 16.7 Å². The van der Waals surface area contributed by atoms with Gasteiger partial charge in [-0.3, -0.25) is 0 Å². The summed E-state index contributed by atoms with van der Waals surface area (Å²) in [7, 11) is 0. The minimum absolute atomic E-state index is 0.228. The van der Waals surface area contributed by atoms with Gasteiger partial charge in [-0.05, 0) is 47.0 Å². The van der Waals surface area contributed by atoms with Gasteiger partial charge in [0.2, 0.25) is 0 Å². The second kappa shape index (κ2) is 7.19. The Hall–Kier alpha value is -2.74. The topological polar surface area (TPSA) is 3.24 Å². The molecule has 0 spiro atoms. The molecule has 0 N–H and O–H groups in total. The predicted octanol–water partition coefficient (Wildman–Crippen LogP) is 8.77. The molecule has 4 aromatic carbocycles. The van der Waals surface area contributed by atoms with Crippen LogP contribution in [0.15, 0.2) is 91.0 Å². The molecule has 5 rings (SSSR count). The summed E-state index contributed by atoms with van der Waals surface area (Å²) in [5.41, 5.74) is 7.77. The van der Waals surface area contributed by atoms with Gasteiger partial charge in [0.05, 0.1) is 11.4 Å². The van der Waals surface area contributed by atoms with Crippen molar-refractivity contribution in [2.45, 2.75) is 19.3 Å². The van der Waals surface area contributed by atoms with E-state index in [0.29, 0.717) is 10.0 Å². The smallest absolute Gasteiger partial charge is 0.0532 e. The summed E-state index contributed by atoms with van der Waals surface area (Å²) in [6.45, 7) is 4.45. The van der Waals surface area contributed by atoms with E-state index in [0.717, 1.165) is 22.6 Å². The molecule has 4 aromatic rings. The number of benzene rings is 4. The summed E-state index contributed by atoms with van der Waals surface area (Å²) in [5.74, 6) is 0. The Bertz CT molecular complexity index is 1230. The van der Waals surface area contributed by atoms with Gasteiger partial charge in [0, 0.05) is 26.7 Å². The number of nitrogens with zero attached hydrogens (tertiary/aromatic N) is 1. The summed E-state index contributed by atoms with van der Waals surface area (Å²) >= 11 is 13.2. The molecular formula is C27H21Cl2N. The van der Waals surface area contributed by atoms with E-state index in [1.807, 2.05) is 18.2 Å². The maximum atomic E-state index is 6.75. The van der Waals surface area contributed by atoms with Gasteiger partial charge in [-0.25, -0.2) is 0 Å². The summed E-state index contributed by atoms with van der Waals surface area (Å²) < 4.78 is 0. The largest absolute Gasteiger partial charge is 0.310 e. The first-order valence-corrected chi connectivity index (χ1v) is 10.8. The maximum absolute atomic E-state index is 6.75. The standard InChI is InChI=1S/C27H21Cl2N/c1-27(2)22-10-6-7-11-24(22)30(25-17-20(28)16-23(29)26(25)27)21-14-12-19(13-15-21)18-8-4-3-5-9-18/h3-17H,1-2H3. The lowest BCUT2D eigenvalue weighted by molar-refractivity contribution is 0.632. The molecular weight excluding hydrogens is 409 g/mol. The molecule has 0 atom stereocenters. The third kappa shape index (κ3) is 3.01. The third-order valence-electron chi connectivity index (χ3n) is 5.95. The van der Waals surface area contributed by atoms with Gasteiger partial charge >= 0.3 is 0 Å². The SMILES string of the molecule is CC1(C)c2ccccc2N(c2ccc(-c3ccccc3)cc2)c2cc(Cl)cc(Cl)c21. The number of anilines is 3. The van der Waals surface area contributed by atoms with Crippen LogP contribution in [0.25, 0.3) is 11.1 Å². The summed E-state index contributed by atoms with van der Waals surface area (Å²) in [4.78, 5) is 2.27. The fourth-order valence-corrected chi connectivity index (χ4v) is 5.25. The minimum Gasteiger partial charge on any atom is -0.310 e. The first kappa shape index (κ1) is 19.2. The highest BCUT2D eigenvalue weighted by atomic mass is 35.5. The molecule has 0 saturated heterocycles. The molecule has 1 aliphatic heterocycles. The second-order valence-electron chi connectivity index (χ2n) is 8.17. The van der Waals surface area contributed by atoms with Crippen LogP contribution in [0.1, 0.15) is 25.0 Å². The first-order chi connectivity index (χ1) is 14.5. The zero-order valence-electron chi connectivity index (χ0n) is 16.9. The molecule has 0 bridgehead atoms. The van der Waals surface area contributed by atoms with Crippen molar-refractivity contribution in [1.82, 2.24) is 0 Å². The zero-order chi connectivity index (χ0) is 20.9. The number of hydrogen-bond acceptors (Lipinski definition) is 1. The highest BCUT2D eigenvalue weighted by Gasteiger charge is 2.38. The van der Waals surface area contributed by atoms with Crippen molar-refractivity contribution in [3.05, 3.63) is 112 Å². The predicted molar refractivity (Wildman–Crippen MR) is 129 cm³/mol. The number of para-hydroxylation sites is 1. The van der Waals surface area contributed by atoms with Gasteiger partial charge in [-0.2, -0.15) is 0 Å². The lowest BCUT2D eigenvalue weighted by atomic mass is 9.73. The Labute approximate surface area is 187 Å². The van der Waals surface area contributed by atoms with Crippen LogP contribution >= 0.6 is 23.2 Å². The molecule has 1 heterocycles. The van der Waals surface area contributed by atoms with Gasteiger partial charge in [-0.15, -0.1) is 0 Å². The second-order valence-corrected chi connectivity index (χ2v) is 9.02. The van der Waals surface area contributed by atoms with E-state index in [9.17, 15) is 0 Å². The third-order valence-corrected chi connectivity index (χ3v) is 6.47. The quantitative estimate of drug-likeness (QED) is 0.307. The van der Waals surface area contributed by atoms with E-state index in [-0.39, 0.29) is 5.41 Å². The van der Waals surface area contributed by atoms with E-state index in [1.54, 1.807) is 0 Å². The molecule has 0 amide bonds. The van der Waals surface area contributed by atoms with Crippen LogP contribution in [0.5, 0.6) is 0 Å². The summed E-state index contributed by atoms with van der Waals surface area (Å²) in [5, 5.41) is 1.34. The van der Waals surface area contributed by atoms with E-state index >= 15 is 0 Å². The van der Waals surface area contributed by atoms with Crippen molar-refractivity contribution in [1.29, 1.82) is 0 Å². The number of hydrogen-bond donors (Lipinski definition) is 0. The van der Waals surface area contributed by atoms with Crippen LogP contribution in [0.2, 0.25) is 10.0 Å². The van der Waals surface area contributed by atoms with Gasteiger partial charge < -0.3 is 4.90 Å². The van der Waals surface area contributed by atoms with Crippen molar-refractivity contribution in [2.24, 2.45) is 0 Å². The Balaban J connectivity index is 1.71. The Kier molecular flexibility index (Phi) is 4.61. The Morgan fingerprint density at radius 1 is 0.667 bits per heavy atom. The lowest BCUT2D eigenvalue weighted by Crippen LogP contribution is -2.31. The molecule has 1 aliphatic rings. The van der Waals surface area contributed by atoms with Crippen LogP contribution in [-0.4, -0.2) is 0 Å². The number of halogens is 2. The normalized spacial score (nSPS) is 14.2. The van der Waals surface area contributed by atoms with E-state index in [4.69, 9.17) is 23.2 Å². The minimum atomic E-state index is -0.228. The van der Waals surface area contributed by atoms with Crippen LogP contribution in [-0.2, 0) is 5.41 Å². The van der Waals surface area contributed by atoms with E-state index in [2.05, 4.69) is 91.5 Å². The highest BCUT2D eigenvalue weighted by molar-refractivity contribution is 6.36. The molecule has 0 aliphatic carbocycles. The van der Waals surface area contributed by atoms with Gasteiger partial charge in [0.15, 0.2) is 0 Å². The summed E-state index contributed by atoms with van der Waals surface area (Å²) in [6.07, 6.45) is 0. The van der Waals surface area contributed by atoms with Gasteiger partial charge in [0.25, 0.3) is 0 Å².